The number of piperidine rings is 1. The number of nitrogens with zero attached hydrogens (tertiary/aromatic N) is 2. The molecule has 0 radical (unpaired) electrons. The van der Waals surface area contributed by atoms with Gasteiger partial charge in [0.15, 0.2) is 0 Å². The fraction of sp³-hybridized carbons (Fsp3) is 0.370. The average Bonchev–Trinajstić information content (AvgIpc) is 3.33. The molecular formula is C27H36N4O. The molecule has 4 rings (SSSR count). The minimum absolute atomic E-state index is 0.324. The van der Waals surface area contributed by atoms with Gasteiger partial charge in [-0.15, -0.1) is 19.6 Å². The summed E-state index contributed by atoms with van der Waals surface area (Å²) >= 11 is 0. The molecule has 3 heterocycles. The van der Waals surface area contributed by atoms with Crippen LogP contribution in [0.15, 0.2) is 56.1 Å². The molecule has 0 amide bonds. The first-order valence-electron chi connectivity index (χ1n) is 11.0. The predicted molar refractivity (Wildman–Crippen MR) is 135 cm³/mol. The Bertz CT molecular complexity index is 902. The second kappa shape index (κ2) is 12.7. The van der Waals surface area contributed by atoms with Crippen LogP contribution in [0.5, 0.6) is 0 Å². The third-order valence-corrected chi connectivity index (χ3v) is 5.82. The van der Waals surface area contributed by atoms with Crippen molar-refractivity contribution in [1.29, 1.82) is 0 Å². The van der Waals surface area contributed by atoms with Gasteiger partial charge in [0, 0.05) is 31.3 Å². The summed E-state index contributed by atoms with van der Waals surface area (Å²) in [5.74, 6) is 3.83. The maximum atomic E-state index is 5.92. The van der Waals surface area contributed by atoms with Crippen LogP contribution >= 0.6 is 0 Å². The van der Waals surface area contributed by atoms with E-state index < -0.39 is 0 Å². The second-order valence-electron chi connectivity index (χ2n) is 8.00. The molecule has 1 unspecified atom stereocenters. The van der Waals surface area contributed by atoms with Crippen molar-refractivity contribution in [2.75, 3.05) is 32.0 Å². The molecule has 4 N–H and O–H groups in total. The summed E-state index contributed by atoms with van der Waals surface area (Å²) in [6, 6.07) is 12.7. The molecule has 2 aliphatic rings. The van der Waals surface area contributed by atoms with Gasteiger partial charge in [-0.1, -0.05) is 30.7 Å². The number of anilines is 1. The van der Waals surface area contributed by atoms with Crippen molar-refractivity contribution in [3.8, 4) is 12.3 Å². The normalized spacial score (nSPS) is 17.9. The summed E-state index contributed by atoms with van der Waals surface area (Å²) in [6.07, 6.45) is 8.68. The van der Waals surface area contributed by atoms with E-state index in [1.807, 2.05) is 31.2 Å². The Morgan fingerprint density at radius 3 is 2.25 bits per heavy atom. The Labute approximate surface area is 193 Å². The van der Waals surface area contributed by atoms with Crippen LogP contribution in [-0.4, -0.2) is 42.2 Å². The summed E-state index contributed by atoms with van der Waals surface area (Å²) in [5.41, 5.74) is 16.5. The molecule has 0 bridgehead atoms. The highest BCUT2D eigenvalue weighted by molar-refractivity contribution is 5.61. The highest BCUT2D eigenvalue weighted by atomic mass is 16.5. The first kappa shape index (κ1) is 25.2. The van der Waals surface area contributed by atoms with E-state index in [1.165, 1.54) is 5.56 Å². The van der Waals surface area contributed by atoms with Crippen molar-refractivity contribution in [3.05, 3.63) is 78.5 Å². The molecule has 1 atom stereocenters. The zero-order chi connectivity index (χ0) is 23.5. The summed E-state index contributed by atoms with van der Waals surface area (Å²) in [7, 11) is 0. The van der Waals surface area contributed by atoms with E-state index >= 15 is 0 Å². The van der Waals surface area contributed by atoms with Crippen LogP contribution in [0.2, 0.25) is 0 Å². The molecule has 2 saturated heterocycles. The van der Waals surface area contributed by atoms with Crippen molar-refractivity contribution in [2.24, 2.45) is 5.73 Å². The molecular weight excluding hydrogens is 396 g/mol. The Balaban J connectivity index is 0.000000387. The number of hydrogen-bond donors (Lipinski definition) is 2. The van der Waals surface area contributed by atoms with Crippen LogP contribution in [0, 0.1) is 19.3 Å². The molecule has 0 aliphatic carbocycles. The van der Waals surface area contributed by atoms with Crippen LogP contribution in [0.4, 0.5) is 5.82 Å². The van der Waals surface area contributed by atoms with Crippen LogP contribution in [0.3, 0.4) is 0 Å². The summed E-state index contributed by atoms with van der Waals surface area (Å²) in [4.78, 5) is 6.77. The topological polar surface area (TPSA) is 77.4 Å². The van der Waals surface area contributed by atoms with Crippen LogP contribution < -0.4 is 11.5 Å². The van der Waals surface area contributed by atoms with Gasteiger partial charge in [-0.2, -0.15) is 0 Å². The van der Waals surface area contributed by atoms with Crippen molar-refractivity contribution >= 4 is 11.5 Å². The minimum atomic E-state index is 0.324. The lowest BCUT2D eigenvalue weighted by molar-refractivity contribution is 0.194. The first-order chi connectivity index (χ1) is 15.5. The Hall–Kier alpha value is -3.07. The smallest absolute Gasteiger partial charge is 0.127 e. The molecule has 2 aliphatic heterocycles. The third kappa shape index (κ3) is 6.98. The molecule has 1 aromatic carbocycles. The SMILES string of the molecule is C#Cc1ccc(C2CCN(C(=C)c3ccc(C)c(N)n3)CC2)cc1.C=C.NC1CCOC1. The van der Waals surface area contributed by atoms with E-state index in [1.54, 1.807) is 0 Å². The standard InChI is InChI=1S/C21H23N3.C4H9NO.C2H4/c1-4-17-6-8-18(9-7-17)19-11-13-24(14-12-19)16(3)20-10-5-15(2)21(22)23-20;5-4-1-2-6-3-4;1-2/h1,5-10,19H,3,11-14H2,2H3,(H2,22,23);4H,1-3,5H2;1-2H2. The van der Waals surface area contributed by atoms with E-state index in [-0.39, 0.29) is 0 Å². The monoisotopic (exact) mass is 432 g/mol. The van der Waals surface area contributed by atoms with E-state index in [4.69, 9.17) is 22.6 Å². The molecule has 32 heavy (non-hydrogen) atoms. The Morgan fingerprint density at radius 2 is 1.78 bits per heavy atom. The highest BCUT2D eigenvalue weighted by Crippen LogP contribution is 2.31. The maximum Gasteiger partial charge on any atom is 0.127 e. The number of nitrogen functional groups attached to an aromatic ring is 1. The Kier molecular flexibility index (Phi) is 10.0. The van der Waals surface area contributed by atoms with E-state index in [2.05, 4.69) is 47.7 Å². The molecule has 2 fully saturated rings. The molecule has 5 heteroatoms. The van der Waals surface area contributed by atoms with Gasteiger partial charge in [-0.25, -0.2) is 4.98 Å². The maximum absolute atomic E-state index is 5.92. The zero-order valence-electron chi connectivity index (χ0n) is 19.2. The molecule has 5 nitrogen and oxygen atoms in total. The number of hydrogen-bond acceptors (Lipinski definition) is 5. The minimum Gasteiger partial charge on any atom is -0.383 e. The molecule has 2 aromatic rings. The van der Waals surface area contributed by atoms with Gasteiger partial charge in [0.05, 0.1) is 18.0 Å². The first-order valence-corrected chi connectivity index (χ1v) is 11.0. The lowest BCUT2D eigenvalue weighted by Gasteiger charge is -2.34. The number of likely N-dealkylation sites (tertiary alicyclic amines) is 1. The van der Waals surface area contributed by atoms with Gasteiger partial charge in [-0.05, 0) is 61.4 Å². The van der Waals surface area contributed by atoms with Crippen LogP contribution in [0.25, 0.3) is 5.70 Å². The average molecular weight is 433 g/mol. The largest absolute Gasteiger partial charge is 0.383 e. The van der Waals surface area contributed by atoms with Gasteiger partial charge in [0.1, 0.15) is 5.82 Å². The number of aromatic nitrogens is 1. The number of nitrogens with two attached hydrogens (primary N) is 2. The summed E-state index contributed by atoms with van der Waals surface area (Å²) < 4.78 is 4.93. The fourth-order valence-electron chi connectivity index (χ4n) is 3.75. The van der Waals surface area contributed by atoms with Crippen LogP contribution in [-0.2, 0) is 4.74 Å². The number of terminal acetylenes is 1. The van der Waals surface area contributed by atoms with E-state index in [9.17, 15) is 0 Å². The van der Waals surface area contributed by atoms with Crippen molar-refractivity contribution in [2.45, 2.75) is 38.1 Å². The predicted octanol–water partition coefficient (Wildman–Crippen LogP) is 4.34. The molecule has 170 valence electrons. The number of pyridine rings is 1. The Morgan fingerprint density at radius 1 is 1.12 bits per heavy atom. The molecule has 0 spiro atoms. The molecule has 1 aromatic heterocycles. The third-order valence-electron chi connectivity index (χ3n) is 5.82. The van der Waals surface area contributed by atoms with E-state index in [0.29, 0.717) is 17.8 Å². The highest BCUT2D eigenvalue weighted by Gasteiger charge is 2.22. The van der Waals surface area contributed by atoms with Crippen molar-refractivity contribution in [1.82, 2.24) is 9.88 Å². The molecule has 0 saturated carbocycles. The summed E-state index contributed by atoms with van der Waals surface area (Å²) in [6.45, 7) is 15.8. The van der Waals surface area contributed by atoms with Crippen molar-refractivity contribution in [3.63, 3.8) is 0 Å². The van der Waals surface area contributed by atoms with Gasteiger partial charge in [0.2, 0.25) is 0 Å². The quantitative estimate of drug-likeness (QED) is 0.557. The zero-order valence-corrected chi connectivity index (χ0v) is 19.2. The number of ether oxygens (including phenoxy) is 1. The number of aryl methyl sites for hydroxylation is 1. The van der Waals surface area contributed by atoms with Gasteiger partial charge >= 0.3 is 0 Å². The van der Waals surface area contributed by atoms with Gasteiger partial charge < -0.3 is 21.1 Å². The summed E-state index contributed by atoms with van der Waals surface area (Å²) in [5, 5.41) is 0. The number of benzene rings is 1. The second-order valence-corrected chi connectivity index (χ2v) is 8.00. The lowest BCUT2D eigenvalue weighted by atomic mass is 9.88. The van der Waals surface area contributed by atoms with Crippen LogP contribution in [0.1, 0.15) is 47.6 Å². The lowest BCUT2D eigenvalue weighted by Crippen LogP contribution is -2.31. The van der Waals surface area contributed by atoms with Gasteiger partial charge in [0.25, 0.3) is 0 Å². The number of rotatable bonds is 3. The fourth-order valence-corrected chi connectivity index (χ4v) is 3.75. The van der Waals surface area contributed by atoms with Crippen molar-refractivity contribution < 1.29 is 4.74 Å². The van der Waals surface area contributed by atoms with E-state index in [0.717, 1.165) is 68.1 Å². The van der Waals surface area contributed by atoms with Gasteiger partial charge in [-0.3, -0.25) is 0 Å².